The highest BCUT2D eigenvalue weighted by atomic mass is 16.8. The molecule has 8 rings (SSSR count). The van der Waals surface area contributed by atoms with E-state index in [1.165, 1.54) is 0 Å². The van der Waals surface area contributed by atoms with E-state index in [9.17, 15) is 71.5 Å². The fourth-order valence-electron chi connectivity index (χ4n) is 17.1. The van der Waals surface area contributed by atoms with Crippen molar-refractivity contribution in [2.45, 2.75) is 261 Å². The Morgan fingerprint density at radius 2 is 1.20 bits per heavy atom. The molecule has 458 valence electrons. The molecule has 0 amide bonds. The summed E-state index contributed by atoms with van der Waals surface area (Å²) in [6, 6.07) is 0. The lowest BCUT2D eigenvalue weighted by atomic mass is 9.32. The monoisotopic (exact) mass is 1140 g/mol. The number of hydrogen-bond donors (Lipinski definition) is 14. The Morgan fingerprint density at radius 1 is 0.620 bits per heavy atom. The Balaban J connectivity index is 1.09. The standard InChI is InChI=1S/C56H96O23/c1-11-71-34-19-33-52(6)20-26(59)46(78-50-45(77-48-43(69)39(65)36(62)28(21-57)74-48)41(67)38(64)30(76-50)24-73-47-42(68)35(61)27(60)23-72-47)51(4,5)31(52)14-17-53(33,7)55(9)18-15-32(56(34,55)10)54(8,16-12-13-25(2)3)79-49-44(70)40(66)37(63)29(22-58)75-49/h13,26-50,57-70H,11-12,14-24H2,1-10H3/t26-,27?,28-,29-,30-,31?,32-,33-,34-,35?,36-,37-,38-,39+,40+,41+,42?,43-,44-,45-,46+,47?,48+,49+,50+,52+,53-,54?,55+,56+/m1/s1. The van der Waals surface area contributed by atoms with Crippen molar-refractivity contribution in [3.05, 3.63) is 11.6 Å². The molecule has 4 heterocycles. The van der Waals surface area contributed by atoms with E-state index in [0.29, 0.717) is 32.3 Å². The molecule has 23 nitrogen and oxygen atoms in total. The Hall–Kier alpha value is -1.18. The van der Waals surface area contributed by atoms with Crippen LogP contribution in [0.15, 0.2) is 11.6 Å². The zero-order valence-electron chi connectivity index (χ0n) is 47.6. The second kappa shape index (κ2) is 23.9. The fourth-order valence-corrected chi connectivity index (χ4v) is 17.1. The quantitative estimate of drug-likeness (QED) is 0.0603. The fraction of sp³-hybridized carbons (Fsp3) is 0.964. The minimum absolute atomic E-state index is 0.0195. The van der Waals surface area contributed by atoms with Gasteiger partial charge in [-0.05, 0) is 118 Å². The second-order valence-electron chi connectivity index (χ2n) is 26.5. The van der Waals surface area contributed by atoms with Crippen LogP contribution in [0.4, 0.5) is 0 Å². The van der Waals surface area contributed by atoms with Gasteiger partial charge in [0.15, 0.2) is 25.2 Å². The van der Waals surface area contributed by atoms with Crippen LogP contribution in [0, 0.1) is 44.8 Å². The van der Waals surface area contributed by atoms with Gasteiger partial charge >= 0.3 is 0 Å². The highest BCUT2D eigenvalue weighted by Gasteiger charge is 2.77. The first-order valence-corrected chi connectivity index (χ1v) is 28.7. The molecule has 4 saturated heterocycles. The molecule has 4 saturated carbocycles. The van der Waals surface area contributed by atoms with Crippen LogP contribution in [0.5, 0.6) is 0 Å². The maximum atomic E-state index is 12.8. The summed E-state index contributed by atoms with van der Waals surface area (Å²) in [4.78, 5) is 0. The topological polar surface area (TPSA) is 366 Å². The molecule has 0 spiro atoms. The van der Waals surface area contributed by atoms with Gasteiger partial charge in [-0.2, -0.15) is 0 Å². The molecule has 0 aromatic carbocycles. The number of allylic oxidation sites excluding steroid dienone is 2. The number of fused-ring (bicyclic) bond motifs is 5. The van der Waals surface area contributed by atoms with Gasteiger partial charge < -0.3 is 114 Å². The zero-order chi connectivity index (χ0) is 58.3. The van der Waals surface area contributed by atoms with Crippen LogP contribution in [0.2, 0.25) is 0 Å². The van der Waals surface area contributed by atoms with Gasteiger partial charge in [-0.15, -0.1) is 0 Å². The number of aliphatic hydroxyl groups is 14. The summed E-state index contributed by atoms with van der Waals surface area (Å²) >= 11 is 0. The van der Waals surface area contributed by atoms with Gasteiger partial charge in [0.1, 0.15) is 91.6 Å². The first-order chi connectivity index (χ1) is 36.9. The van der Waals surface area contributed by atoms with Crippen LogP contribution in [0.1, 0.15) is 121 Å². The minimum Gasteiger partial charge on any atom is -0.394 e. The van der Waals surface area contributed by atoms with E-state index < -0.39 is 176 Å². The molecule has 23 heteroatoms. The van der Waals surface area contributed by atoms with Crippen molar-refractivity contribution in [2.75, 3.05) is 33.0 Å². The Morgan fingerprint density at radius 3 is 1.81 bits per heavy atom. The molecular formula is C56H96O23. The predicted molar refractivity (Wildman–Crippen MR) is 276 cm³/mol. The summed E-state index contributed by atoms with van der Waals surface area (Å²) in [5.74, 6) is -0.308. The Kier molecular flexibility index (Phi) is 19.3. The van der Waals surface area contributed by atoms with Crippen molar-refractivity contribution in [1.82, 2.24) is 0 Å². The molecule has 30 atom stereocenters. The normalized spacial score (nSPS) is 52.6. The summed E-state index contributed by atoms with van der Waals surface area (Å²) in [5, 5.41) is 153. The lowest BCUT2D eigenvalue weighted by Crippen LogP contribution is -2.72. The Labute approximate surface area is 463 Å². The van der Waals surface area contributed by atoms with Gasteiger partial charge in [-0.1, -0.05) is 53.2 Å². The predicted octanol–water partition coefficient (Wildman–Crippen LogP) is -1.16. The molecule has 4 aliphatic heterocycles. The van der Waals surface area contributed by atoms with Gasteiger partial charge in [0.05, 0.1) is 50.3 Å². The largest absolute Gasteiger partial charge is 0.394 e. The van der Waals surface area contributed by atoms with Crippen LogP contribution in [-0.2, 0) is 42.6 Å². The molecule has 8 fully saturated rings. The van der Waals surface area contributed by atoms with E-state index in [-0.39, 0.29) is 42.3 Å². The second-order valence-corrected chi connectivity index (χ2v) is 26.5. The number of ether oxygens (including phenoxy) is 9. The van der Waals surface area contributed by atoms with Gasteiger partial charge in [0, 0.05) is 12.0 Å². The van der Waals surface area contributed by atoms with E-state index in [1.54, 1.807) is 0 Å². The lowest BCUT2D eigenvalue weighted by Gasteiger charge is -2.74. The molecule has 8 aliphatic rings. The number of rotatable bonds is 17. The van der Waals surface area contributed by atoms with E-state index in [0.717, 1.165) is 24.8 Å². The minimum atomic E-state index is -1.91. The summed E-state index contributed by atoms with van der Waals surface area (Å²) in [7, 11) is 0. The average Bonchev–Trinajstić information content (AvgIpc) is 3.88. The van der Waals surface area contributed by atoms with Crippen molar-refractivity contribution >= 4 is 0 Å². The highest BCUT2D eigenvalue weighted by molar-refractivity contribution is 5.25. The van der Waals surface area contributed by atoms with Crippen molar-refractivity contribution in [1.29, 1.82) is 0 Å². The van der Waals surface area contributed by atoms with Crippen molar-refractivity contribution in [2.24, 2.45) is 44.8 Å². The first kappa shape index (κ1) is 63.8. The number of hydrogen-bond acceptors (Lipinski definition) is 23. The van der Waals surface area contributed by atoms with E-state index in [1.807, 2.05) is 41.5 Å². The van der Waals surface area contributed by atoms with E-state index >= 15 is 0 Å². The molecule has 0 radical (unpaired) electrons. The van der Waals surface area contributed by atoms with Gasteiger partial charge in [0.2, 0.25) is 0 Å². The summed E-state index contributed by atoms with van der Waals surface area (Å²) in [6.07, 6.45) is -26.0. The zero-order valence-corrected chi connectivity index (χ0v) is 47.6. The van der Waals surface area contributed by atoms with E-state index in [4.69, 9.17) is 42.6 Å². The SMILES string of the molecule is CCO[C@@H]1C[C@@H]2[C@@]3(C)C[C@@H](O)[C@H](O[C@@H]4O[C@H](COC5OCC(O)C(O)C5O)[C@@H](O)[C@H](O)[C@H]4O[C@@H]4O[C@H](CO)[C@@H](O)[C@H](O)[C@H]4O)C(C)(C)C3CC[C@@]2(C)[C@]2(C)CC[C@H](C(C)(CCC=C(C)C)O[C@@H]3O[C@H](CO)[C@@H](O)[C@H](O)[C@H]3O)[C@@]12C. The molecule has 0 aromatic rings. The van der Waals surface area contributed by atoms with Gasteiger partial charge in [-0.25, -0.2) is 0 Å². The van der Waals surface area contributed by atoms with Crippen LogP contribution in [0.25, 0.3) is 0 Å². The average molecular weight is 1140 g/mol. The maximum Gasteiger partial charge on any atom is 0.187 e. The molecule has 6 unspecified atom stereocenters. The van der Waals surface area contributed by atoms with Crippen LogP contribution in [-0.4, -0.2) is 245 Å². The molecule has 4 aliphatic carbocycles. The summed E-state index contributed by atoms with van der Waals surface area (Å²) in [6.45, 7) is 19.6. The molecule has 79 heavy (non-hydrogen) atoms. The smallest absolute Gasteiger partial charge is 0.187 e. The van der Waals surface area contributed by atoms with Crippen LogP contribution in [0.3, 0.4) is 0 Å². The molecular weight excluding hydrogens is 1040 g/mol. The van der Waals surface area contributed by atoms with E-state index in [2.05, 4.69) is 33.8 Å². The summed E-state index contributed by atoms with van der Waals surface area (Å²) < 4.78 is 56.2. The van der Waals surface area contributed by atoms with Gasteiger partial charge in [0.25, 0.3) is 0 Å². The third-order valence-corrected chi connectivity index (χ3v) is 21.6. The molecule has 14 N–H and O–H groups in total. The highest BCUT2D eigenvalue weighted by Crippen LogP contribution is 2.80. The van der Waals surface area contributed by atoms with Crippen molar-refractivity contribution in [3.8, 4) is 0 Å². The third-order valence-electron chi connectivity index (χ3n) is 21.6. The molecule has 0 bridgehead atoms. The molecule has 0 aromatic heterocycles. The van der Waals surface area contributed by atoms with Crippen LogP contribution < -0.4 is 0 Å². The summed E-state index contributed by atoms with van der Waals surface area (Å²) in [5.41, 5.74) is -2.57. The maximum absolute atomic E-state index is 12.8. The third kappa shape index (κ3) is 10.9. The van der Waals surface area contributed by atoms with Crippen molar-refractivity contribution in [3.63, 3.8) is 0 Å². The first-order valence-electron chi connectivity index (χ1n) is 28.7. The Bertz CT molecular complexity index is 2060. The number of aliphatic hydroxyl groups excluding tert-OH is 14. The van der Waals surface area contributed by atoms with Gasteiger partial charge in [-0.3, -0.25) is 0 Å². The van der Waals surface area contributed by atoms with Crippen LogP contribution >= 0.6 is 0 Å². The van der Waals surface area contributed by atoms with Crippen molar-refractivity contribution < 1.29 is 114 Å². The lowest BCUT2D eigenvalue weighted by molar-refractivity contribution is -0.387.